The van der Waals surface area contributed by atoms with Gasteiger partial charge in [0.25, 0.3) is 0 Å². The van der Waals surface area contributed by atoms with Crippen LogP contribution in [-0.4, -0.2) is 21.0 Å². The van der Waals surface area contributed by atoms with Crippen molar-refractivity contribution in [1.82, 2.24) is 15.0 Å². The Hall–Kier alpha value is -1.88. The summed E-state index contributed by atoms with van der Waals surface area (Å²) in [6.45, 7) is 3.10. The minimum Gasteiger partial charge on any atom is -0.456 e. The number of aromatic nitrogens is 3. The van der Waals surface area contributed by atoms with E-state index in [-0.39, 0.29) is 5.97 Å². The molecule has 0 N–H and O–H groups in total. The second kappa shape index (κ2) is 5.18. The third-order valence-electron chi connectivity index (χ3n) is 2.31. The second-order valence-electron chi connectivity index (χ2n) is 3.79. The summed E-state index contributed by atoms with van der Waals surface area (Å²) in [7, 11) is 0. The van der Waals surface area contributed by atoms with Crippen LogP contribution in [-0.2, 0) is 9.53 Å². The largest absolute Gasteiger partial charge is 0.456 e. The zero-order chi connectivity index (χ0) is 13.1. The van der Waals surface area contributed by atoms with Crippen molar-refractivity contribution >= 4 is 17.6 Å². The lowest BCUT2D eigenvalue weighted by Crippen LogP contribution is -2.06. The number of carbonyl (C=O) groups is 1. The molecule has 0 aliphatic carbocycles. The minimum absolute atomic E-state index is 0.347. The highest BCUT2D eigenvalue weighted by Gasteiger charge is 2.13. The quantitative estimate of drug-likeness (QED) is 0.801. The van der Waals surface area contributed by atoms with Gasteiger partial charge < -0.3 is 4.74 Å². The summed E-state index contributed by atoms with van der Waals surface area (Å²) in [4.78, 5) is 12.3. The summed E-state index contributed by atoms with van der Waals surface area (Å²) in [6, 6.07) is 7.18. The average Bonchev–Trinajstić information content (AvgIpc) is 2.77. The zero-order valence-corrected chi connectivity index (χ0v) is 10.8. The van der Waals surface area contributed by atoms with Crippen molar-refractivity contribution in [3.8, 4) is 5.69 Å². The molecule has 0 saturated carbocycles. The van der Waals surface area contributed by atoms with E-state index < -0.39 is 6.10 Å². The summed E-state index contributed by atoms with van der Waals surface area (Å²) >= 11 is 5.89. The Morgan fingerprint density at radius 1 is 1.50 bits per heavy atom. The maximum Gasteiger partial charge on any atom is 0.303 e. The fourth-order valence-electron chi connectivity index (χ4n) is 1.50. The van der Waals surface area contributed by atoms with Gasteiger partial charge >= 0.3 is 5.97 Å². The molecule has 1 unspecified atom stereocenters. The predicted octanol–water partition coefficient (Wildman–Crippen LogP) is 2.54. The number of ether oxygens (including phenoxy) is 1. The number of rotatable bonds is 3. The molecule has 2 rings (SSSR count). The van der Waals surface area contributed by atoms with Gasteiger partial charge in [-0.1, -0.05) is 17.7 Å². The maximum absolute atomic E-state index is 10.9. The fourth-order valence-corrected chi connectivity index (χ4v) is 1.68. The number of benzene rings is 1. The third-order valence-corrected chi connectivity index (χ3v) is 2.54. The molecule has 0 bridgehead atoms. The van der Waals surface area contributed by atoms with Crippen LogP contribution in [0.1, 0.15) is 25.6 Å². The molecule has 1 atom stereocenters. The number of nitrogens with zero attached hydrogens (tertiary/aromatic N) is 3. The summed E-state index contributed by atoms with van der Waals surface area (Å²) in [6.07, 6.45) is 1.14. The molecular weight excluding hydrogens is 254 g/mol. The van der Waals surface area contributed by atoms with Gasteiger partial charge in [-0.2, -0.15) is 9.90 Å². The van der Waals surface area contributed by atoms with Crippen molar-refractivity contribution in [2.45, 2.75) is 20.0 Å². The Balaban J connectivity index is 2.22. The van der Waals surface area contributed by atoms with E-state index in [0.717, 1.165) is 5.69 Å². The van der Waals surface area contributed by atoms with E-state index in [1.165, 1.54) is 11.7 Å². The summed E-state index contributed by atoms with van der Waals surface area (Å²) in [5.41, 5.74) is 1.34. The van der Waals surface area contributed by atoms with E-state index in [1.807, 2.05) is 12.1 Å². The van der Waals surface area contributed by atoms with Gasteiger partial charge in [0, 0.05) is 11.9 Å². The zero-order valence-electron chi connectivity index (χ0n) is 10.0. The lowest BCUT2D eigenvalue weighted by atomic mass is 10.3. The number of halogens is 1. The third kappa shape index (κ3) is 2.87. The molecule has 5 nitrogen and oxygen atoms in total. The smallest absolute Gasteiger partial charge is 0.303 e. The van der Waals surface area contributed by atoms with E-state index in [9.17, 15) is 4.79 Å². The molecule has 0 aliphatic rings. The monoisotopic (exact) mass is 265 g/mol. The van der Waals surface area contributed by atoms with Gasteiger partial charge in [-0.25, -0.2) is 0 Å². The van der Waals surface area contributed by atoms with Gasteiger partial charge in [-0.15, -0.1) is 5.10 Å². The van der Waals surface area contributed by atoms with E-state index in [2.05, 4.69) is 10.2 Å². The number of hydrogen-bond donors (Lipinski definition) is 0. The van der Waals surface area contributed by atoms with Crippen LogP contribution in [0.3, 0.4) is 0 Å². The molecular formula is C12H12ClN3O2. The van der Waals surface area contributed by atoms with E-state index in [0.29, 0.717) is 10.7 Å². The van der Waals surface area contributed by atoms with Crippen molar-refractivity contribution in [1.29, 1.82) is 0 Å². The molecule has 0 spiro atoms. The first-order valence-electron chi connectivity index (χ1n) is 5.41. The van der Waals surface area contributed by atoms with E-state index in [4.69, 9.17) is 16.3 Å². The summed E-state index contributed by atoms with van der Waals surface area (Å²) in [5, 5.41) is 8.97. The predicted molar refractivity (Wildman–Crippen MR) is 66.6 cm³/mol. The van der Waals surface area contributed by atoms with Crippen molar-refractivity contribution < 1.29 is 9.53 Å². The van der Waals surface area contributed by atoms with Gasteiger partial charge in [0.1, 0.15) is 11.8 Å². The van der Waals surface area contributed by atoms with Crippen LogP contribution in [0.4, 0.5) is 0 Å². The fraction of sp³-hybridized carbons (Fsp3) is 0.250. The Labute approximate surface area is 109 Å². The van der Waals surface area contributed by atoms with Gasteiger partial charge in [0.15, 0.2) is 0 Å². The van der Waals surface area contributed by atoms with Crippen LogP contribution in [0, 0.1) is 0 Å². The molecule has 1 aromatic heterocycles. The van der Waals surface area contributed by atoms with Crippen LogP contribution in [0.2, 0.25) is 5.02 Å². The molecule has 0 radical (unpaired) electrons. The normalized spacial score (nSPS) is 12.2. The highest BCUT2D eigenvalue weighted by Crippen LogP contribution is 2.16. The van der Waals surface area contributed by atoms with E-state index in [1.54, 1.807) is 25.3 Å². The number of esters is 1. The van der Waals surface area contributed by atoms with Crippen LogP contribution < -0.4 is 0 Å². The molecule has 18 heavy (non-hydrogen) atoms. The molecule has 0 aliphatic heterocycles. The lowest BCUT2D eigenvalue weighted by molar-refractivity contribution is -0.146. The van der Waals surface area contributed by atoms with Crippen LogP contribution in [0.25, 0.3) is 5.69 Å². The molecule has 0 saturated heterocycles. The Kier molecular flexibility index (Phi) is 3.62. The first kappa shape index (κ1) is 12.6. The highest BCUT2D eigenvalue weighted by atomic mass is 35.5. The van der Waals surface area contributed by atoms with Gasteiger partial charge in [-0.3, -0.25) is 4.79 Å². The van der Waals surface area contributed by atoms with Crippen molar-refractivity contribution in [3.63, 3.8) is 0 Å². The molecule has 0 amide bonds. The van der Waals surface area contributed by atoms with Gasteiger partial charge in [-0.05, 0) is 25.1 Å². The summed E-state index contributed by atoms with van der Waals surface area (Å²) < 4.78 is 5.03. The van der Waals surface area contributed by atoms with Gasteiger partial charge in [0.05, 0.1) is 11.9 Å². The standard InChI is InChI=1S/C12H12ClN3O2/c1-8(18-9(2)17)12-7-14-16(15-12)11-5-3-4-10(13)6-11/h3-8H,1-2H3. The topological polar surface area (TPSA) is 57.0 Å². The van der Waals surface area contributed by atoms with Crippen molar-refractivity contribution in [2.75, 3.05) is 0 Å². The Morgan fingerprint density at radius 3 is 2.94 bits per heavy atom. The van der Waals surface area contributed by atoms with Crippen LogP contribution in [0.5, 0.6) is 0 Å². The Morgan fingerprint density at radius 2 is 2.28 bits per heavy atom. The first-order valence-corrected chi connectivity index (χ1v) is 5.79. The van der Waals surface area contributed by atoms with E-state index >= 15 is 0 Å². The highest BCUT2D eigenvalue weighted by molar-refractivity contribution is 6.30. The SMILES string of the molecule is CC(=O)OC(C)c1cnn(-c2cccc(Cl)c2)n1. The van der Waals surface area contributed by atoms with Crippen LogP contribution in [0.15, 0.2) is 30.5 Å². The number of hydrogen-bond acceptors (Lipinski definition) is 4. The molecule has 6 heteroatoms. The molecule has 2 aromatic rings. The lowest BCUT2D eigenvalue weighted by Gasteiger charge is -2.07. The molecule has 1 heterocycles. The Bertz CT molecular complexity index is 568. The summed E-state index contributed by atoms with van der Waals surface area (Å²) in [5.74, 6) is -0.347. The molecule has 0 fully saturated rings. The van der Waals surface area contributed by atoms with Gasteiger partial charge in [0.2, 0.25) is 0 Å². The number of carbonyl (C=O) groups excluding carboxylic acids is 1. The van der Waals surface area contributed by atoms with Crippen molar-refractivity contribution in [2.24, 2.45) is 0 Å². The molecule has 94 valence electrons. The molecule has 1 aromatic carbocycles. The maximum atomic E-state index is 10.9. The van der Waals surface area contributed by atoms with Crippen LogP contribution >= 0.6 is 11.6 Å². The second-order valence-corrected chi connectivity index (χ2v) is 4.23. The minimum atomic E-state index is -0.421. The van der Waals surface area contributed by atoms with Crippen molar-refractivity contribution in [3.05, 3.63) is 41.2 Å². The first-order chi connectivity index (χ1) is 8.56. The average molecular weight is 266 g/mol.